The molecular weight excluding hydrogens is 699 g/mol. The predicted molar refractivity (Wildman–Crippen MR) is 178 cm³/mol. The summed E-state index contributed by atoms with van der Waals surface area (Å²) in [7, 11) is 0. The SMILES string of the molecule is CC(C)(O/N=C(\C(=O)C[C@@H]1C(=O)N2C(C(=O)O)=C(CSc3cc[n+](CC(=O)c4ccc(O)c(O)c4)cc3)CS[C@H]12)c1csc(N)n1)C(=O)O. The van der Waals surface area contributed by atoms with E-state index >= 15 is 0 Å². The van der Waals surface area contributed by atoms with Gasteiger partial charge in [-0.3, -0.25) is 19.3 Å². The first-order chi connectivity index (χ1) is 23.2. The van der Waals surface area contributed by atoms with Crippen molar-refractivity contribution in [3.8, 4) is 11.5 Å². The van der Waals surface area contributed by atoms with Gasteiger partial charge in [0.25, 0.3) is 0 Å². The lowest BCUT2D eigenvalue weighted by Gasteiger charge is -2.49. The first-order valence-corrected chi connectivity index (χ1v) is 17.4. The van der Waals surface area contributed by atoms with Gasteiger partial charge in [0.15, 0.2) is 40.5 Å². The summed E-state index contributed by atoms with van der Waals surface area (Å²) in [5.74, 6) is -5.05. The predicted octanol–water partition coefficient (Wildman–Crippen LogP) is 2.51. The number of carboxylic acid groups (broad SMARTS) is 2. The maximum atomic E-state index is 13.4. The number of amides is 1. The summed E-state index contributed by atoms with van der Waals surface area (Å²) in [5.41, 5.74) is 4.36. The quantitative estimate of drug-likeness (QED) is 0.0305. The zero-order valence-corrected chi connectivity index (χ0v) is 28.4. The van der Waals surface area contributed by atoms with Gasteiger partial charge >= 0.3 is 11.9 Å². The fourth-order valence-electron chi connectivity index (χ4n) is 4.83. The molecule has 18 heteroatoms. The highest BCUT2D eigenvalue weighted by Gasteiger charge is 2.54. The number of aliphatic carboxylic acids is 2. The number of thioether (sulfide) groups is 2. The van der Waals surface area contributed by atoms with Gasteiger partial charge in [0.05, 0.1) is 11.3 Å². The zero-order valence-electron chi connectivity index (χ0n) is 25.9. The molecule has 0 unspecified atom stereocenters. The van der Waals surface area contributed by atoms with E-state index in [4.69, 9.17) is 10.6 Å². The van der Waals surface area contributed by atoms with Crippen molar-refractivity contribution in [1.29, 1.82) is 0 Å². The number of phenols is 2. The molecule has 1 amide bonds. The van der Waals surface area contributed by atoms with Crippen LogP contribution in [0.1, 0.15) is 36.3 Å². The third-order valence-corrected chi connectivity index (χ3v) is 10.7. The van der Waals surface area contributed by atoms with Gasteiger partial charge < -0.3 is 31.0 Å². The number of carboxylic acids is 2. The van der Waals surface area contributed by atoms with Crippen LogP contribution in [-0.2, 0) is 30.6 Å². The molecule has 5 rings (SSSR count). The van der Waals surface area contributed by atoms with E-state index in [0.717, 1.165) is 16.2 Å². The maximum absolute atomic E-state index is 13.4. The standard InChI is InChI=1S/C31H29N5O10S3/c1-31(2,29(44)45)46-34-24(19-14-49-30(32)33-19)22(39)10-18-26(41)36-25(28(42)43)16(13-48-27(18)36)12-47-17-5-7-35(8-6-17)11-23(40)15-3-4-20(37)21(38)9-15/h3-9,14,18,27H,10-13H2,1-2H3,(H5-,32,33,34,37,38,39,40,42,43,44,45)/p+1/t18-,27-/m1/s1. The number of thiazole rings is 1. The molecule has 49 heavy (non-hydrogen) atoms. The van der Waals surface area contributed by atoms with Crippen molar-refractivity contribution in [3.05, 3.63) is 70.6 Å². The molecule has 1 fully saturated rings. The number of pyridine rings is 1. The summed E-state index contributed by atoms with van der Waals surface area (Å²) in [6.07, 6.45) is 3.03. The average Bonchev–Trinajstić information content (AvgIpc) is 3.49. The second kappa shape index (κ2) is 14.3. The van der Waals surface area contributed by atoms with Crippen LogP contribution in [0, 0.1) is 5.92 Å². The number of oxime groups is 1. The lowest BCUT2D eigenvalue weighted by atomic mass is 9.89. The van der Waals surface area contributed by atoms with Crippen molar-refractivity contribution in [2.75, 3.05) is 17.2 Å². The first kappa shape index (κ1) is 35.4. The molecule has 0 aliphatic carbocycles. The summed E-state index contributed by atoms with van der Waals surface area (Å²) in [6, 6.07) is 7.37. The summed E-state index contributed by atoms with van der Waals surface area (Å²) >= 11 is 3.73. The van der Waals surface area contributed by atoms with E-state index in [-0.39, 0.29) is 63.8 Å². The number of hydrogen-bond acceptors (Lipinski definition) is 14. The van der Waals surface area contributed by atoms with Gasteiger partial charge in [-0.15, -0.1) is 34.9 Å². The Morgan fingerprint density at radius 1 is 1.14 bits per heavy atom. The van der Waals surface area contributed by atoms with Crippen LogP contribution in [0.3, 0.4) is 0 Å². The minimum atomic E-state index is -1.76. The number of fused-ring (bicyclic) bond motifs is 1. The Balaban J connectivity index is 1.24. The van der Waals surface area contributed by atoms with Crippen LogP contribution in [0.5, 0.6) is 11.5 Å². The normalized spacial score (nSPS) is 17.7. The van der Waals surface area contributed by atoms with Crippen LogP contribution in [0.15, 0.2) is 69.4 Å². The lowest BCUT2D eigenvalue weighted by Crippen LogP contribution is -2.62. The number of nitrogen functional groups attached to an aromatic ring is 1. The highest BCUT2D eigenvalue weighted by molar-refractivity contribution is 8.01. The number of carbonyl (C=O) groups is 5. The Kier molecular flexibility index (Phi) is 10.3. The van der Waals surface area contributed by atoms with E-state index in [1.54, 1.807) is 29.1 Å². The van der Waals surface area contributed by atoms with Crippen molar-refractivity contribution >= 4 is 75.1 Å². The molecule has 0 radical (unpaired) electrons. The Bertz CT molecular complexity index is 1910. The molecule has 2 aliphatic rings. The van der Waals surface area contributed by atoms with Gasteiger partial charge in [-0.2, -0.15) is 4.57 Å². The van der Waals surface area contributed by atoms with E-state index in [1.165, 1.54) is 65.9 Å². The van der Waals surface area contributed by atoms with E-state index in [1.807, 2.05) is 0 Å². The summed E-state index contributed by atoms with van der Waals surface area (Å²) in [6.45, 7) is 2.49. The molecule has 0 saturated carbocycles. The van der Waals surface area contributed by atoms with E-state index in [9.17, 15) is 44.4 Å². The fraction of sp³-hybridized carbons (Fsp3) is 0.290. The number of rotatable bonds is 14. The molecule has 0 spiro atoms. The maximum Gasteiger partial charge on any atom is 0.352 e. The monoisotopic (exact) mass is 728 g/mol. The van der Waals surface area contributed by atoms with Crippen molar-refractivity contribution in [3.63, 3.8) is 0 Å². The molecule has 1 saturated heterocycles. The molecule has 2 atom stereocenters. The zero-order chi connectivity index (χ0) is 35.6. The van der Waals surface area contributed by atoms with Gasteiger partial charge in [0.1, 0.15) is 11.4 Å². The summed E-state index contributed by atoms with van der Waals surface area (Å²) in [5, 5.41) is 43.4. The third kappa shape index (κ3) is 7.71. The van der Waals surface area contributed by atoms with Crippen LogP contribution in [0.25, 0.3) is 0 Å². The van der Waals surface area contributed by atoms with E-state index in [0.29, 0.717) is 11.3 Å². The van der Waals surface area contributed by atoms with Gasteiger partial charge in [-0.25, -0.2) is 14.6 Å². The van der Waals surface area contributed by atoms with Crippen LogP contribution < -0.4 is 10.3 Å². The molecule has 2 aromatic heterocycles. The molecule has 3 aromatic rings. The first-order valence-electron chi connectivity index (χ1n) is 14.5. The molecule has 256 valence electrons. The number of carbonyl (C=O) groups excluding carboxylic acids is 3. The molecule has 6 N–H and O–H groups in total. The number of phenolic OH excluding ortho intramolecular Hbond substituents is 2. The van der Waals surface area contributed by atoms with Crippen molar-refractivity contribution in [2.45, 2.75) is 42.7 Å². The molecule has 0 bridgehead atoms. The van der Waals surface area contributed by atoms with Gasteiger partial charge in [0, 0.05) is 45.9 Å². The number of benzene rings is 1. The molecule has 2 aliphatic heterocycles. The van der Waals surface area contributed by atoms with Crippen LogP contribution in [0.4, 0.5) is 5.13 Å². The second-order valence-electron chi connectivity index (χ2n) is 11.4. The average molecular weight is 729 g/mol. The Morgan fingerprint density at radius 3 is 2.47 bits per heavy atom. The van der Waals surface area contributed by atoms with Crippen molar-refractivity contribution in [1.82, 2.24) is 9.88 Å². The molecule has 15 nitrogen and oxygen atoms in total. The van der Waals surface area contributed by atoms with Crippen LogP contribution in [-0.4, -0.2) is 87.9 Å². The van der Waals surface area contributed by atoms with Crippen LogP contribution >= 0.6 is 34.9 Å². The van der Waals surface area contributed by atoms with Crippen molar-refractivity contribution in [2.24, 2.45) is 11.1 Å². The number of nitrogens with two attached hydrogens (primary N) is 1. The van der Waals surface area contributed by atoms with Gasteiger partial charge in [0.2, 0.25) is 23.8 Å². The fourth-order valence-corrected chi connectivity index (χ4v) is 7.82. The molecule has 4 heterocycles. The highest BCUT2D eigenvalue weighted by Crippen LogP contribution is 2.46. The lowest BCUT2D eigenvalue weighted by molar-refractivity contribution is -0.683. The smallest absolute Gasteiger partial charge is 0.352 e. The number of Topliss-reactive ketones (excluding diaryl/α,β-unsaturated/α-hetero) is 2. The topological polar surface area (TPSA) is 234 Å². The Hall–Kier alpha value is -4.94. The van der Waals surface area contributed by atoms with Crippen molar-refractivity contribution < 1.29 is 53.8 Å². The van der Waals surface area contributed by atoms with Gasteiger partial charge in [-0.1, -0.05) is 5.16 Å². The van der Waals surface area contributed by atoms with E-state index < -0.39 is 40.5 Å². The Labute approximate surface area is 291 Å². The molecule has 1 aromatic carbocycles. The van der Waals surface area contributed by atoms with Crippen LogP contribution in [0.2, 0.25) is 0 Å². The molecular formula is C31H30N5O10S3+. The number of aromatic nitrogens is 2. The number of β-lactam (4-membered cyclic amide) rings is 1. The summed E-state index contributed by atoms with van der Waals surface area (Å²) in [4.78, 5) is 74.3. The number of aromatic hydroxyl groups is 2. The Morgan fingerprint density at radius 2 is 1.86 bits per heavy atom. The number of hydrogen-bond donors (Lipinski definition) is 5. The second-order valence-corrected chi connectivity index (χ2v) is 14.5. The number of anilines is 1. The van der Waals surface area contributed by atoms with E-state index in [2.05, 4.69) is 10.1 Å². The number of ketones is 2. The summed E-state index contributed by atoms with van der Waals surface area (Å²) < 4.78 is 1.64. The largest absolute Gasteiger partial charge is 0.504 e. The number of nitrogens with zero attached hydrogens (tertiary/aromatic N) is 4. The highest BCUT2D eigenvalue weighted by atomic mass is 32.2. The van der Waals surface area contributed by atoms with Gasteiger partial charge in [-0.05, 0) is 37.6 Å². The minimum Gasteiger partial charge on any atom is -0.504 e. The third-order valence-electron chi connectivity index (χ3n) is 7.57. The minimum absolute atomic E-state index is 0.0131.